The van der Waals surface area contributed by atoms with Crippen LogP contribution in [0, 0.1) is 28.6 Å². The first-order valence-corrected chi connectivity index (χ1v) is 18.5. The molecule has 6 heteroatoms. The molecule has 0 unspecified atom stereocenters. The lowest BCUT2D eigenvalue weighted by atomic mass is 9.40. The fourth-order valence-corrected chi connectivity index (χ4v) is 11.7. The minimum Gasteiger partial charge on any atom is -0.478 e. The van der Waals surface area contributed by atoms with Gasteiger partial charge in [-0.05, 0) is 144 Å². The maximum Gasteiger partial charge on any atom is 0.331 e. The number of aliphatic carboxylic acids is 1. The third-order valence-electron chi connectivity index (χ3n) is 14.2. The van der Waals surface area contributed by atoms with Crippen LogP contribution in [-0.4, -0.2) is 43.6 Å². The monoisotopic (exact) mass is 667 g/mol. The molecular formula is C43H57NO5. The highest BCUT2D eigenvalue weighted by Crippen LogP contribution is 2.70. The molecular weight excluding hydrogens is 610 g/mol. The van der Waals surface area contributed by atoms with Crippen LogP contribution in [0.25, 0.3) is 16.5 Å². The summed E-state index contributed by atoms with van der Waals surface area (Å²) in [4.78, 5) is 15.6. The van der Waals surface area contributed by atoms with Gasteiger partial charge in [0.25, 0.3) is 0 Å². The van der Waals surface area contributed by atoms with Crippen molar-refractivity contribution in [3.05, 3.63) is 75.5 Å². The highest BCUT2D eigenvalue weighted by Gasteiger charge is 2.66. The molecule has 5 aliphatic rings. The van der Waals surface area contributed by atoms with E-state index in [0.717, 1.165) is 43.2 Å². The van der Waals surface area contributed by atoms with E-state index in [1.54, 1.807) is 13.0 Å². The molecule has 7 rings (SSSR count). The number of allylic oxidation sites excluding steroid dienone is 4. The predicted octanol–water partition coefficient (Wildman–Crippen LogP) is 8.91. The van der Waals surface area contributed by atoms with Crippen molar-refractivity contribution in [2.45, 2.75) is 137 Å². The fourth-order valence-electron chi connectivity index (χ4n) is 11.7. The van der Waals surface area contributed by atoms with Crippen molar-refractivity contribution in [2.75, 3.05) is 0 Å². The summed E-state index contributed by atoms with van der Waals surface area (Å²) in [6, 6.07) is 2.40. The lowest BCUT2D eigenvalue weighted by Crippen LogP contribution is -2.61. The summed E-state index contributed by atoms with van der Waals surface area (Å²) in [6.07, 6.45) is 14.6. The zero-order valence-corrected chi connectivity index (χ0v) is 31.3. The van der Waals surface area contributed by atoms with Gasteiger partial charge in [-0.25, -0.2) is 4.79 Å². The summed E-state index contributed by atoms with van der Waals surface area (Å²) in [5.74, 6) is -0.335. The van der Waals surface area contributed by atoms with Crippen LogP contribution in [0.1, 0.15) is 129 Å². The van der Waals surface area contributed by atoms with Gasteiger partial charge in [0.2, 0.25) is 0 Å². The first-order chi connectivity index (χ1) is 22.8. The van der Waals surface area contributed by atoms with E-state index in [1.165, 1.54) is 38.9 Å². The largest absolute Gasteiger partial charge is 0.478 e. The second-order valence-electron chi connectivity index (χ2n) is 18.1. The Morgan fingerprint density at radius 2 is 1.76 bits per heavy atom. The minimum atomic E-state index is -0.923. The van der Waals surface area contributed by atoms with Crippen LogP contribution >= 0.6 is 0 Å². The third-order valence-corrected chi connectivity index (χ3v) is 14.2. The molecule has 4 N–H and O–H groups in total. The molecule has 0 bridgehead atoms. The summed E-state index contributed by atoms with van der Waals surface area (Å²) in [6.45, 7) is 21.5. The molecule has 0 radical (unpaired) electrons. The number of aliphatic hydroxyl groups excluding tert-OH is 2. The second kappa shape index (κ2) is 11.0. The molecule has 2 heterocycles. The molecule has 1 aliphatic heterocycles. The van der Waals surface area contributed by atoms with E-state index in [0.29, 0.717) is 12.3 Å². The molecule has 2 fully saturated rings. The molecule has 0 spiro atoms. The number of carboxylic acids is 1. The van der Waals surface area contributed by atoms with Gasteiger partial charge < -0.3 is 25.0 Å². The number of aromatic nitrogens is 1. The van der Waals surface area contributed by atoms with E-state index < -0.39 is 34.8 Å². The van der Waals surface area contributed by atoms with Crippen LogP contribution in [0.4, 0.5) is 0 Å². The Morgan fingerprint density at radius 3 is 2.43 bits per heavy atom. The van der Waals surface area contributed by atoms with Crippen molar-refractivity contribution in [2.24, 2.45) is 28.6 Å². The van der Waals surface area contributed by atoms with E-state index in [4.69, 9.17) is 4.74 Å². The Balaban J connectivity index is 1.41. The summed E-state index contributed by atoms with van der Waals surface area (Å²) < 4.78 is 6.57. The van der Waals surface area contributed by atoms with Crippen molar-refractivity contribution in [3.63, 3.8) is 0 Å². The number of H-pyrrole nitrogens is 1. The highest BCUT2D eigenvalue weighted by molar-refractivity contribution is 5.96. The van der Waals surface area contributed by atoms with Gasteiger partial charge in [0.15, 0.2) is 0 Å². The first-order valence-electron chi connectivity index (χ1n) is 18.5. The van der Waals surface area contributed by atoms with Crippen LogP contribution in [0.5, 0.6) is 0 Å². The van der Waals surface area contributed by atoms with Gasteiger partial charge in [-0.2, -0.15) is 0 Å². The normalized spacial score (nSPS) is 37.3. The van der Waals surface area contributed by atoms with Gasteiger partial charge >= 0.3 is 5.97 Å². The maximum absolute atomic E-state index is 12.2. The molecule has 49 heavy (non-hydrogen) atoms. The van der Waals surface area contributed by atoms with E-state index in [1.807, 2.05) is 6.08 Å². The number of aromatic amines is 1. The van der Waals surface area contributed by atoms with Crippen LogP contribution < -0.4 is 0 Å². The van der Waals surface area contributed by atoms with Crippen LogP contribution in [0.3, 0.4) is 0 Å². The van der Waals surface area contributed by atoms with Crippen molar-refractivity contribution in [1.82, 2.24) is 4.98 Å². The molecule has 8 atom stereocenters. The SMILES string of the molecule is CC(C)=CCc1c2c(cc3c4c([nH]c13)[C@@]1(C)[C@@H](CC[C@H]3[C@](C)(/C=C/C=C(\C)C(=O)O)[C@@H](O)CC[C@@]31C)C4)C1=CC(C)(C)OC(C)(C)[C@H]1[C@@H]2O. The molecule has 4 aliphatic carbocycles. The molecule has 6 nitrogen and oxygen atoms in total. The van der Waals surface area contributed by atoms with Crippen molar-refractivity contribution >= 4 is 22.4 Å². The topological polar surface area (TPSA) is 103 Å². The summed E-state index contributed by atoms with van der Waals surface area (Å²) in [5.41, 5.74) is 8.48. The quantitative estimate of drug-likeness (QED) is 0.145. The Labute approximate surface area is 292 Å². The molecule has 2 aromatic rings. The van der Waals surface area contributed by atoms with Crippen molar-refractivity contribution in [3.8, 4) is 0 Å². The van der Waals surface area contributed by atoms with Gasteiger partial charge in [-0.15, -0.1) is 0 Å². The number of carboxylic acid groups (broad SMARTS) is 1. The number of ether oxygens (including phenoxy) is 1. The first kappa shape index (κ1) is 34.5. The summed E-state index contributed by atoms with van der Waals surface area (Å²) in [7, 11) is 0. The number of fused-ring (bicyclic) bond motifs is 10. The van der Waals surface area contributed by atoms with E-state index in [-0.39, 0.29) is 28.2 Å². The molecule has 0 amide bonds. The van der Waals surface area contributed by atoms with Crippen LogP contribution in [0.15, 0.2) is 47.6 Å². The number of carbonyl (C=O) groups is 1. The van der Waals surface area contributed by atoms with Gasteiger partial charge in [0.1, 0.15) is 0 Å². The van der Waals surface area contributed by atoms with Crippen LogP contribution in [0.2, 0.25) is 0 Å². The summed E-state index contributed by atoms with van der Waals surface area (Å²) >= 11 is 0. The molecule has 1 aromatic carbocycles. The third kappa shape index (κ3) is 4.79. The van der Waals surface area contributed by atoms with Crippen molar-refractivity contribution < 1.29 is 24.9 Å². The highest BCUT2D eigenvalue weighted by atomic mass is 16.5. The Kier molecular flexibility index (Phi) is 7.77. The summed E-state index contributed by atoms with van der Waals surface area (Å²) in [5, 5.41) is 34.5. The average Bonchev–Trinajstić information content (AvgIpc) is 3.60. The van der Waals surface area contributed by atoms with Crippen molar-refractivity contribution in [1.29, 1.82) is 0 Å². The fraction of sp³-hybridized carbons (Fsp3) is 0.605. The number of hydrogen-bond donors (Lipinski definition) is 4. The van der Waals surface area contributed by atoms with Gasteiger partial charge in [0, 0.05) is 38.9 Å². The zero-order valence-electron chi connectivity index (χ0n) is 31.3. The number of hydrogen-bond acceptors (Lipinski definition) is 4. The lowest BCUT2D eigenvalue weighted by Gasteiger charge is -2.64. The van der Waals surface area contributed by atoms with Gasteiger partial charge in [0.05, 0.1) is 23.4 Å². The Bertz CT molecular complexity index is 1870. The van der Waals surface area contributed by atoms with E-state index in [2.05, 4.69) is 91.6 Å². The van der Waals surface area contributed by atoms with Gasteiger partial charge in [-0.1, -0.05) is 50.6 Å². The minimum absolute atomic E-state index is 0.0867. The lowest BCUT2D eigenvalue weighted by molar-refractivity contribution is -0.144. The molecule has 1 aromatic heterocycles. The molecule has 0 saturated heterocycles. The molecule has 2 saturated carbocycles. The average molecular weight is 668 g/mol. The van der Waals surface area contributed by atoms with E-state index in [9.17, 15) is 20.1 Å². The van der Waals surface area contributed by atoms with E-state index >= 15 is 0 Å². The zero-order chi connectivity index (χ0) is 35.6. The smallest absolute Gasteiger partial charge is 0.331 e. The number of nitrogens with one attached hydrogen (secondary N) is 1. The second-order valence-corrected chi connectivity index (χ2v) is 18.1. The van der Waals surface area contributed by atoms with Gasteiger partial charge in [-0.3, -0.25) is 0 Å². The Hall–Kier alpha value is -2.93. The number of aliphatic hydroxyl groups is 2. The number of rotatable bonds is 5. The predicted molar refractivity (Wildman–Crippen MR) is 196 cm³/mol. The standard InChI is InChI=1S/C43H57NO5/c1-23(2)13-15-26-33-27(30-22-39(4,5)49-40(6,7)34(30)36(33)46)21-28-29-20-25-14-16-31-41(8,18-11-12-24(3)38(47)48)32(45)17-19-42(31,9)43(25,10)37(29)44-35(26)28/h11-13,18,21-22,25,31-32,34,36,44-46H,14-17,19-20H2,1-10H3,(H,47,48)/b18-11+,24-12+/t25-,31-,32-,34+,36+,41-,42-,43+/m0/s1. The maximum atomic E-state index is 12.2. The Morgan fingerprint density at radius 1 is 1.04 bits per heavy atom. The van der Waals surface area contributed by atoms with Crippen LogP contribution in [-0.2, 0) is 27.8 Å². The number of benzene rings is 1. The molecule has 264 valence electrons.